The quantitative estimate of drug-likeness (QED) is 0.880. The third-order valence-electron chi connectivity index (χ3n) is 3.06. The summed E-state index contributed by atoms with van der Waals surface area (Å²) in [5, 5.41) is 7.95. The van der Waals surface area contributed by atoms with Gasteiger partial charge in [-0.05, 0) is 31.2 Å². The molecule has 20 heavy (non-hydrogen) atoms. The monoisotopic (exact) mass is 293 g/mol. The Kier molecular flexibility index (Phi) is 4.29. The zero-order chi connectivity index (χ0) is 14.7. The standard InChI is InChI=1S/C14H16ClN3O2/c1-9(13-6-7-16-18(13)2)17-12-8-10(14(19)20-3)4-5-11(12)15/h4-9,17H,1-3H3. The Morgan fingerprint density at radius 3 is 2.80 bits per heavy atom. The molecule has 0 amide bonds. The van der Waals surface area contributed by atoms with Crippen LogP contribution < -0.4 is 5.32 Å². The van der Waals surface area contributed by atoms with Crippen LogP contribution in [-0.4, -0.2) is 22.9 Å². The largest absolute Gasteiger partial charge is 0.465 e. The molecule has 106 valence electrons. The van der Waals surface area contributed by atoms with Crippen molar-refractivity contribution in [3.63, 3.8) is 0 Å². The van der Waals surface area contributed by atoms with Gasteiger partial charge in [0.15, 0.2) is 0 Å². The van der Waals surface area contributed by atoms with E-state index >= 15 is 0 Å². The van der Waals surface area contributed by atoms with Crippen molar-refractivity contribution < 1.29 is 9.53 Å². The van der Waals surface area contributed by atoms with E-state index in [0.717, 1.165) is 5.69 Å². The zero-order valence-corrected chi connectivity index (χ0v) is 12.3. The van der Waals surface area contributed by atoms with E-state index in [4.69, 9.17) is 16.3 Å². The molecule has 0 bridgehead atoms. The summed E-state index contributed by atoms with van der Waals surface area (Å²) in [4.78, 5) is 11.5. The number of carbonyl (C=O) groups is 1. The van der Waals surface area contributed by atoms with Crippen LogP contribution in [0, 0.1) is 0 Å². The lowest BCUT2D eigenvalue weighted by Gasteiger charge is -2.17. The highest BCUT2D eigenvalue weighted by Gasteiger charge is 2.13. The SMILES string of the molecule is COC(=O)c1ccc(Cl)c(NC(C)c2ccnn2C)c1. The van der Waals surface area contributed by atoms with E-state index in [-0.39, 0.29) is 6.04 Å². The Morgan fingerprint density at radius 2 is 2.20 bits per heavy atom. The highest BCUT2D eigenvalue weighted by molar-refractivity contribution is 6.33. The molecular formula is C14H16ClN3O2. The van der Waals surface area contributed by atoms with Gasteiger partial charge < -0.3 is 10.1 Å². The Hall–Kier alpha value is -2.01. The number of carbonyl (C=O) groups excluding carboxylic acids is 1. The van der Waals surface area contributed by atoms with E-state index in [9.17, 15) is 4.79 Å². The van der Waals surface area contributed by atoms with Gasteiger partial charge in [0.05, 0.1) is 35.1 Å². The first kappa shape index (κ1) is 14.4. The van der Waals surface area contributed by atoms with Gasteiger partial charge in [-0.1, -0.05) is 11.6 Å². The van der Waals surface area contributed by atoms with E-state index in [0.29, 0.717) is 16.3 Å². The number of rotatable bonds is 4. The average Bonchev–Trinajstić information content (AvgIpc) is 2.86. The van der Waals surface area contributed by atoms with Crippen LogP contribution in [-0.2, 0) is 11.8 Å². The minimum absolute atomic E-state index is 0.00731. The van der Waals surface area contributed by atoms with Crippen molar-refractivity contribution in [2.24, 2.45) is 7.05 Å². The van der Waals surface area contributed by atoms with Crippen molar-refractivity contribution in [2.45, 2.75) is 13.0 Å². The molecule has 6 heteroatoms. The minimum atomic E-state index is -0.391. The van der Waals surface area contributed by atoms with Crippen molar-refractivity contribution in [1.82, 2.24) is 9.78 Å². The van der Waals surface area contributed by atoms with Gasteiger partial charge in [-0.25, -0.2) is 4.79 Å². The molecule has 1 heterocycles. The number of benzene rings is 1. The van der Waals surface area contributed by atoms with E-state index in [2.05, 4.69) is 10.4 Å². The lowest BCUT2D eigenvalue weighted by Crippen LogP contribution is -2.12. The number of esters is 1. The highest BCUT2D eigenvalue weighted by atomic mass is 35.5. The summed E-state index contributed by atoms with van der Waals surface area (Å²) in [6.45, 7) is 2.00. The third-order valence-corrected chi connectivity index (χ3v) is 3.39. The lowest BCUT2D eigenvalue weighted by molar-refractivity contribution is 0.0601. The van der Waals surface area contributed by atoms with Crippen molar-refractivity contribution in [2.75, 3.05) is 12.4 Å². The number of methoxy groups -OCH3 is 1. The molecule has 0 spiro atoms. The first-order valence-electron chi connectivity index (χ1n) is 6.15. The van der Waals surface area contributed by atoms with E-state index in [1.807, 2.05) is 20.0 Å². The van der Waals surface area contributed by atoms with Crippen LogP contribution in [0.3, 0.4) is 0 Å². The fourth-order valence-electron chi connectivity index (χ4n) is 2.00. The van der Waals surface area contributed by atoms with Crippen LogP contribution in [0.15, 0.2) is 30.5 Å². The van der Waals surface area contributed by atoms with Crippen LogP contribution in [0.2, 0.25) is 5.02 Å². The molecule has 1 aromatic carbocycles. The van der Waals surface area contributed by atoms with Crippen LogP contribution in [0.5, 0.6) is 0 Å². The number of nitrogens with zero attached hydrogens (tertiary/aromatic N) is 2. The normalized spacial score (nSPS) is 12.0. The van der Waals surface area contributed by atoms with Gasteiger partial charge in [0, 0.05) is 13.2 Å². The lowest BCUT2D eigenvalue weighted by atomic mass is 10.1. The number of ether oxygens (including phenoxy) is 1. The van der Waals surface area contributed by atoms with Gasteiger partial charge >= 0.3 is 5.97 Å². The van der Waals surface area contributed by atoms with Gasteiger partial charge in [0.1, 0.15) is 0 Å². The Labute approximate surface area is 122 Å². The Morgan fingerprint density at radius 1 is 1.45 bits per heavy atom. The number of hydrogen-bond donors (Lipinski definition) is 1. The van der Waals surface area contributed by atoms with Crippen molar-refractivity contribution in [3.05, 3.63) is 46.7 Å². The summed E-state index contributed by atoms with van der Waals surface area (Å²) in [5.41, 5.74) is 2.16. The smallest absolute Gasteiger partial charge is 0.337 e. The second kappa shape index (κ2) is 5.96. The molecule has 1 unspecified atom stereocenters. The van der Waals surface area contributed by atoms with Crippen LogP contribution in [0.25, 0.3) is 0 Å². The van der Waals surface area contributed by atoms with Crippen LogP contribution >= 0.6 is 11.6 Å². The van der Waals surface area contributed by atoms with Crippen molar-refractivity contribution in [1.29, 1.82) is 0 Å². The second-order valence-electron chi connectivity index (χ2n) is 4.43. The molecular weight excluding hydrogens is 278 g/mol. The van der Waals surface area contributed by atoms with Crippen LogP contribution in [0.4, 0.5) is 5.69 Å². The molecule has 0 fully saturated rings. The number of aryl methyl sites for hydroxylation is 1. The number of halogens is 1. The second-order valence-corrected chi connectivity index (χ2v) is 4.84. The molecule has 2 aromatic rings. The number of aromatic nitrogens is 2. The predicted molar refractivity (Wildman–Crippen MR) is 78.0 cm³/mol. The van der Waals surface area contributed by atoms with Gasteiger partial charge in [0.2, 0.25) is 0 Å². The summed E-state index contributed by atoms with van der Waals surface area (Å²) in [6.07, 6.45) is 1.74. The molecule has 0 aliphatic heterocycles. The molecule has 0 aliphatic rings. The summed E-state index contributed by atoms with van der Waals surface area (Å²) in [5.74, 6) is -0.391. The maximum Gasteiger partial charge on any atom is 0.337 e. The van der Waals surface area contributed by atoms with E-state index < -0.39 is 5.97 Å². The highest BCUT2D eigenvalue weighted by Crippen LogP contribution is 2.27. The fraction of sp³-hybridized carbons (Fsp3) is 0.286. The zero-order valence-electron chi connectivity index (χ0n) is 11.6. The molecule has 0 saturated heterocycles. The predicted octanol–water partition coefficient (Wildman–Crippen LogP) is 3.03. The van der Waals surface area contributed by atoms with E-state index in [1.54, 1.807) is 29.1 Å². The molecule has 1 aromatic heterocycles. The molecule has 1 atom stereocenters. The maximum atomic E-state index is 11.5. The summed E-state index contributed by atoms with van der Waals surface area (Å²) in [6, 6.07) is 6.92. The first-order valence-corrected chi connectivity index (χ1v) is 6.53. The fourth-order valence-corrected chi connectivity index (χ4v) is 2.17. The summed E-state index contributed by atoms with van der Waals surface area (Å²) < 4.78 is 6.49. The van der Waals surface area contributed by atoms with Gasteiger partial charge in [-0.15, -0.1) is 0 Å². The van der Waals surface area contributed by atoms with Gasteiger partial charge in [-0.2, -0.15) is 5.10 Å². The topological polar surface area (TPSA) is 56.1 Å². The van der Waals surface area contributed by atoms with Crippen LogP contribution in [0.1, 0.15) is 29.0 Å². The molecule has 5 nitrogen and oxygen atoms in total. The third kappa shape index (κ3) is 2.93. The maximum absolute atomic E-state index is 11.5. The van der Waals surface area contributed by atoms with Gasteiger partial charge in [-0.3, -0.25) is 4.68 Å². The molecule has 0 radical (unpaired) electrons. The Balaban J connectivity index is 2.24. The molecule has 0 saturated carbocycles. The molecule has 2 rings (SSSR count). The van der Waals surface area contributed by atoms with E-state index in [1.165, 1.54) is 7.11 Å². The molecule has 0 aliphatic carbocycles. The number of hydrogen-bond acceptors (Lipinski definition) is 4. The number of anilines is 1. The summed E-state index contributed by atoms with van der Waals surface area (Å²) in [7, 11) is 3.22. The average molecular weight is 294 g/mol. The minimum Gasteiger partial charge on any atom is -0.465 e. The van der Waals surface area contributed by atoms with Crippen molar-refractivity contribution >= 4 is 23.3 Å². The van der Waals surface area contributed by atoms with Crippen molar-refractivity contribution in [3.8, 4) is 0 Å². The summed E-state index contributed by atoms with van der Waals surface area (Å²) >= 11 is 6.15. The molecule has 1 N–H and O–H groups in total. The Bertz CT molecular complexity index is 625. The van der Waals surface area contributed by atoms with Gasteiger partial charge in [0.25, 0.3) is 0 Å². The first-order chi connectivity index (χ1) is 9.52. The number of nitrogens with one attached hydrogen (secondary N) is 1.